The van der Waals surface area contributed by atoms with E-state index in [9.17, 15) is 17.2 Å². The van der Waals surface area contributed by atoms with Crippen molar-refractivity contribution in [2.24, 2.45) is 5.73 Å². The van der Waals surface area contributed by atoms with Gasteiger partial charge in [-0.05, 0) is 26.0 Å². The lowest BCUT2D eigenvalue weighted by Crippen LogP contribution is -2.45. The maximum atomic E-state index is 12.9. The number of hydrogen-bond acceptors (Lipinski definition) is 3. The summed E-state index contributed by atoms with van der Waals surface area (Å²) in [4.78, 5) is -0.459. The molecule has 0 saturated heterocycles. The highest BCUT2D eigenvalue weighted by Gasteiger charge is 2.20. The van der Waals surface area contributed by atoms with Crippen LogP contribution < -0.4 is 10.5 Å². The van der Waals surface area contributed by atoms with Gasteiger partial charge in [-0.2, -0.15) is 0 Å². The summed E-state index contributed by atoms with van der Waals surface area (Å²) in [7, 11) is -3.95. The second-order valence-electron chi connectivity index (χ2n) is 4.42. The molecule has 0 bridgehead atoms. The van der Waals surface area contributed by atoms with Gasteiger partial charge in [0.15, 0.2) is 0 Å². The van der Waals surface area contributed by atoms with Gasteiger partial charge in [-0.25, -0.2) is 21.9 Å². The molecule has 0 heterocycles. The van der Waals surface area contributed by atoms with Crippen LogP contribution in [0.3, 0.4) is 0 Å². The Balaban J connectivity index is 2.98. The Hall–Kier alpha value is -1.05. The van der Waals surface area contributed by atoms with Gasteiger partial charge >= 0.3 is 0 Å². The summed E-state index contributed by atoms with van der Waals surface area (Å²) in [6, 6.07) is 2.09. The number of sulfonamides is 1. The molecule has 0 fully saturated rings. The molecule has 1 aromatic rings. The summed E-state index contributed by atoms with van der Waals surface area (Å²) in [5.74, 6) is -1.89. The highest BCUT2D eigenvalue weighted by Crippen LogP contribution is 2.13. The Bertz CT molecular complexity index is 489. The Morgan fingerprint density at radius 2 is 1.71 bits per heavy atom. The van der Waals surface area contributed by atoms with Crippen molar-refractivity contribution >= 4 is 10.0 Å². The molecule has 0 aromatic heterocycles. The summed E-state index contributed by atoms with van der Waals surface area (Å²) in [6.45, 7) is 3.22. The molecule has 1 rings (SSSR count). The fourth-order valence-corrected chi connectivity index (χ4v) is 2.31. The van der Waals surface area contributed by atoms with Crippen molar-refractivity contribution < 1.29 is 17.2 Å². The fraction of sp³-hybridized carbons (Fsp3) is 0.400. The van der Waals surface area contributed by atoms with Crippen LogP contribution in [0, 0.1) is 11.6 Å². The average molecular weight is 264 g/mol. The monoisotopic (exact) mass is 264 g/mol. The minimum absolute atomic E-state index is 0.0343. The van der Waals surface area contributed by atoms with Gasteiger partial charge in [-0.1, -0.05) is 0 Å². The molecule has 0 saturated carbocycles. The Morgan fingerprint density at radius 3 is 2.12 bits per heavy atom. The summed E-state index contributed by atoms with van der Waals surface area (Å²) in [6.07, 6.45) is 0. The van der Waals surface area contributed by atoms with E-state index in [1.165, 1.54) is 0 Å². The molecule has 1 aromatic carbocycles. The molecule has 0 spiro atoms. The number of hydrogen-bond donors (Lipinski definition) is 2. The third-order valence-corrected chi connectivity index (χ3v) is 3.24. The molecule has 4 nitrogen and oxygen atoms in total. The van der Waals surface area contributed by atoms with Gasteiger partial charge in [0.25, 0.3) is 0 Å². The van der Waals surface area contributed by atoms with Crippen LogP contribution in [0.2, 0.25) is 0 Å². The summed E-state index contributed by atoms with van der Waals surface area (Å²) in [5, 5.41) is 0. The van der Waals surface area contributed by atoms with Gasteiger partial charge in [0.2, 0.25) is 10.0 Å². The normalized spacial score (nSPS) is 12.8. The third kappa shape index (κ3) is 4.37. The Labute approximate surface area is 98.9 Å². The first-order chi connectivity index (χ1) is 7.60. The van der Waals surface area contributed by atoms with Gasteiger partial charge in [0, 0.05) is 18.2 Å². The molecule has 17 heavy (non-hydrogen) atoms. The number of benzene rings is 1. The van der Waals surface area contributed by atoms with Crippen molar-refractivity contribution in [2.45, 2.75) is 24.3 Å². The molecule has 3 N–H and O–H groups in total. The highest BCUT2D eigenvalue weighted by molar-refractivity contribution is 7.89. The van der Waals surface area contributed by atoms with Crippen LogP contribution in [-0.2, 0) is 10.0 Å². The average Bonchev–Trinajstić information content (AvgIpc) is 2.12. The zero-order chi connectivity index (χ0) is 13.3. The lowest BCUT2D eigenvalue weighted by atomic mass is 10.1. The summed E-state index contributed by atoms with van der Waals surface area (Å²) in [5.41, 5.74) is 4.85. The topological polar surface area (TPSA) is 72.2 Å². The highest BCUT2D eigenvalue weighted by atomic mass is 32.2. The zero-order valence-corrected chi connectivity index (χ0v) is 10.3. The van der Waals surface area contributed by atoms with Gasteiger partial charge in [-0.15, -0.1) is 0 Å². The molecular weight excluding hydrogens is 250 g/mol. The predicted molar refractivity (Wildman–Crippen MR) is 59.8 cm³/mol. The van der Waals surface area contributed by atoms with E-state index in [0.717, 1.165) is 12.1 Å². The van der Waals surface area contributed by atoms with Crippen LogP contribution in [0.5, 0.6) is 0 Å². The maximum Gasteiger partial charge on any atom is 0.240 e. The van der Waals surface area contributed by atoms with Crippen molar-refractivity contribution in [1.29, 1.82) is 0 Å². The van der Waals surface area contributed by atoms with Gasteiger partial charge < -0.3 is 5.73 Å². The van der Waals surface area contributed by atoms with Crippen LogP contribution in [0.4, 0.5) is 8.78 Å². The predicted octanol–water partition coefficient (Wildman–Crippen LogP) is 0.980. The van der Waals surface area contributed by atoms with Gasteiger partial charge in [0.05, 0.1) is 4.90 Å². The van der Waals surface area contributed by atoms with Crippen molar-refractivity contribution in [3.63, 3.8) is 0 Å². The molecular formula is C10H14F2N2O2S. The quantitative estimate of drug-likeness (QED) is 0.851. The van der Waals surface area contributed by atoms with E-state index in [0.29, 0.717) is 6.07 Å². The van der Waals surface area contributed by atoms with Crippen LogP contribution in [0.15, 0.2) is 23.1 Å². The fourth-order valence-electron chi connectivity index (χ4n) is 1.05. The van der Waals surface area contributed by atoms with Crippen molar-refractivity contribution in [3.05, 3.63) is 29.8 Å². The van der Waals surface area contributed by atoms with E-state index < -0.39 is 32.1 Å². The zero-order valence-electron chi connectivity index (χ0n) is 9.50. The molecule has 0 aliphatic carbocycles. The number of rotatable bonds is 4. The first-order valence-electron chi connectivity index (χ1n) is 4.85. The SMILES string of the molecule is CC(C)(N)CNS(=O)(=O)c1cc(F)cc(F)c1. The molecule has 0 aliphatic rings. The van der Waals surface area contributed by atoms with E-state index in [1.807, 2.05) is 0 Å². The number of halogens is 2. The van der Waals surface area contributed by atoms with Crippen LogP contribution >= 0.6 is 0 Å². The second-order valence-corrected chi connectivity index (χ2v) is 6.19. The van der Waals surface area contributed by atoms with E-state index in [-0.39, 0.29) is 6.54 Å². The van der Waals surface area contributed by atoms with E-state index in [4.69, 9.17) is 5.73 Å². The largest absolute Gasteiger partial charge is 0.324 e. The van der Waals surface area contributed by atoms with Gasteiger partial charge in [0.1, 0.15) is 11.6 Å². The van der Waals surface area contributed by atoms with Crippen molar-refractivity contribution in [2.75, 3.05) is 6.54 Å². The number of nitrogens with two attached hydrogens (primary N) is 1. The minimum atomic E-state index is -3.95. The lowest BCUT2D eigenvalue weighted by molar-refractivity contribution is 0.497. The van der Waals surface area contributed by atoms with Crippen molar-refractivity contribution in [1.82, 2.24) is 4.72 Å². The molecule has 0 unspecified atom stereocenters. The molecule has 96 valence electrons. The second kappa shape index (κ2) is 4.67. The molecule has 0 aliphatic heterocycles. The number of nitrogens with one attached hydrogen (secondary N) is 1. The van der Waals surface area contributed by atoms with Gasteiger partial charge in [-0.3, -0.25) is 0 Å². The van der Waals surface area contributed by atoms with Crippen LogP contribution in [0.25, 0.3) is 0 Å². The minimum Gasteiger partial charge on any atom is -0.324 e. The third-order valence-electron chi connectivity index (χ3n) is 1.86. The lowest BCUT2D eigenvalue weighted by Gasteiger charge is -2.18. The Kier molecular flexibility index (Phi) is 3.85. The first kappa shape index (κ1) is 14.0. The van der Waals surface area contributed by atoms with Crippen LogP contribution in [-0.4, -0.2) is 20.5 Å². The summed E-state index contributed by atoms with van der Waals surface area (Å²) >= 11 is 0. The standard InChI is InChI=1S/C10H14F2N2O2S/c1-10(2,13)6-14-17(15,16)9-4-7(11)3-8(12)5-9/h3-5,14H,6,13H2,1-2H3. The summed E-state index contributed by atoms with van der Waals surface area (Å²) < 4.78 is 51.3. The van der Waals surface area contributed by atoms with E-state index >= 15 is 0 Å². The molecule has 0 amide bonds. The first-order valence-corrected chi connectivity index (χ1v) is 6.33. The molecule has 0 radical (unpaired) electrons. The van der Waals surface area contributed by atoms with E-state index in [2.05, 4.69) is 4.72 Å². The molecule has 0 atom stereocenters. The van der Waals surface area contributed by atoms with Crippen LogP contribution in [0.1, 0.15) is 13.8 Å². The molecule has 7 heteroatoms. The Morgan fingerprint density at radius 1 is 1.24 bits per heavy atom. The smallest absolute Gasteiger partial charge is 0.240 e. The van der Waals surface area contributed by atoms with Crippen molar-refractivity contribution in [3.8, 4) is 0 Å². The maximum absolute atomic E-state index is 12.9. The van der Waals surface area contributed by atoms with E-state index in [1.54, 1.807) is 13.8 Å².